The van der Waals surface area contributed by atoms with Crippen LogP contribution in [0, 0.1) is 5.92 Å². The zero-order valence-corrected chi connectivity index (χ0v) is 35.0. The van der Waals surface area contributed by atoms with E-state index in [-0.39, 0.29) is 42.4 Å². The molecule has 17 heteroatoms. The molecule has 3 aromatic rings. The number of carbonyl (C=O) groups is 3. The Kier molecular flexibility index (Phi) is 11.0. The molecule has 2 saturated carbocycles. The molecule has 4 heterocycles. The van der Waals surface area contributed by atoms with Gasteiger partial charge in [0.1, 0.15) is 34.3 Å². The van der Waals surface area contributed by atoms with E-state index < -0.39 is 56.2 Å². The third-order valence-corrected chi connectivity index (χ3v) is 14.8. The minimum atomic E-state index is -3.97. The Balaban J connectivity index is 1.22. The number of fused-ring (bicyclic) bond motifs is 3. The van der Waals surface area contributed by atoms with Gasteiger partial charge in [-0.1, -0.05) is 44.9 Å². The Hall–Kier alpha value is -4.09. The first-order valence-electron chi connectivity index (χ1n) is 19.6. The first-order chi connectivity index (χ1) is 26.5. The summed E-state index contributed by atoms with van der Waals surface area (Å²) < 4.78 is 36.3. The number of ether oxygens (including phenoxy) is 1. The third kappa shape index (κ3) is 7.78. The van der Waals surface area contributed by atoms with Crippen molar-refractivity contribution in [3.63, 3.8) is 0 Å². The van der Waals surface area contributed by atoms with Gasteiger partial charge in [0.05, 0.1) is 22.5 Å². The Morgan fingerprint density at radius 3 is 2.59 bits per heavy atom. The van der Waals surface area contributed by atoms with Crippen molar-refractivity contribution in [2.75, 3.05) is 6.54 Å². The average molecular weight is 825 g/mol. The lowest BCUT2D eigenvalue weighted by Gasteiger charge is -2.30. The summed E-state index contributed by atoms with van der Waals surface area (Å²) >= 11 is 6.74. The zero-order chi connectivity index (χ0) is 40.2. The van der Waals surface area contributed by atoms with Gasteiger partial charge in [-0.25, -0.2) is 13.4 Å². The van der Waals surface area contributed by atoms with E-state index in [2.05, 4.69) is 34.6 Å². The molecule has 2 aliphatic carbocycles. The largest absolute Gasteiger partial charge is 0.459 e. The van der Waals surface area contributed by atoms with Gasteiger partial charge in [-0.15, -0.1) is 11.3 Å². The van der Waals surface area contributed by atoms with Crippen molar-refractivity contribution in [2.45, 2.75) is 133 Å². The van der Waals surface area contributed by atoms with Crippen LogP contribution in [0.3, 0.4) is 0 Å². The van der Waals surface area contributed by atoms with E-state index in [9.17, 15) is 22.8 Å². The van der Waals surface area contributed by atoms with Gasteiger partial charge < -0.3 is 26.0 Å². The van der Waals surface area contributed by atoms with E-state index in [1.54, 1.807) is 18.3 Å². The second-order valence-electron chi connectivity index (χ2n) is 16.5. The Morgan fingerprint density at radius 1 is 1.14 bits per heavy atom. The maximum absolute atomic E-state index is 14.5. The highest BCUT2D eigenvalue weighted by Crippen LogP contribution is 2.47. The normalized spacial score (nSPS) is 27.2. The van der Waals surface area contributed by atoms with Gasteiger partial charge in [-0.2, -0.15) is 4.98 Å². The number of thiocarbonyl (C=S) groups is 1. The highest BCUT2D eigenvalue weighted by molar-refractivity contribution is 7.91. The van der Waals surface area contributed by atoms with Crippen LogP contribution in [-0.2, 0) is 24.4 Å². The fraction of sp³-hybridized carbons (Fsp3) is 0.590. The fourth-order valence-corrected chi connectivity index (χ4v) is 10.3. The van der Waals surface area contributed by atoms with Crippen LogP contribution < -0.4 is 25.8 Å². The molecule has 3 fully saturated rings. The average Bonchev–Trinajstić information content (AvgIpc) is 3.80. The molecular weight excluding hydrogens is 773 g/mol. The number of para-hydroxylation sites is 1. The van der Waals surface area contributed by atoms with Crippen molar-refractivity contribution >= 4 is 67.4 Å². The molecule has 0 spiro atoms. The molecule has 7 rings (SSSR count). The topological polar surface area (TPSA) is 191 Å². The predicted molar refractivity (Wildman–Crippen MR) is 219 cm³/mol. The lowest BCUT2D eigenvalue weighted by molar-refractivity contribution is -0.141. The maximum atomic E-state index is 14.5. The molecule has 0 bridgehead atoms. The summed E-state index contributed by atoms with van der Waals surface area (Å²) in [4.78, 5) is 54.2. The summed E-state index contributed by atoms with van der Waals surface area (Å²) in [5.74, 6) is -1.83. The molecule has 56 heavy (non-hydrogen) atoms. The smallest absolute Gasteiger partial charge is 0.297 e. The van der Waals surface area contributed by atoms with E-state index in [0.29, 0.717) is 25.3 Å². The molecule has 2 aliphatic heterocycles. The lowest BCUT2D eigenvalue weighted by atomic mass is 10.1. The predicted octanol–water partition coefficient (Wildman–Crippen LogP) is 4.81. The summed E-state index contributed by atoms with van der Waals surface area (Å²) in [6.07, 6.45) is 8.04. The van der Waals surface area contributed by atoms with Crippen LogP contribution in [0.2, 0.25) is 0 Å². The zero-order valence-electron chi connectivity index (χ0n) is 32.5. The van der Waals surface area contributed by atoms with Gasteiger partial charge in [0.25, 0.3) is 11.9 Å². The monoisotopic (exact) mass is 824 g/mol. The number of hydrogen-bond acceptors (Lipinski definition) is 10. The lowest BCUT2D eigenvalue weighted by Crippen LogP contribution is -2.58. The minimum Gasteiger partial charge on any atom is -0.459 e. The van der Waals surface area contributed by atoms with E-state index in [4.69, 9.17) is 32.7 Å². The number of carbonyl (C=O) groups excluding carboxylic acids is 3. The van der Waals surface area contributed by atoms with Crippen molar-refractivity contribution in [1.82, 2.24) is 34.8 Å². The summed E-state index contributed by atoms with van der Waals surface area (Å²) in [5.41, 5.74) is 7.92. The van der Waals surface area contributed by atoms with Gasteiger partial charge in [0, 0.05) is 29.3 Å². The van der Waals surface area contributed by atoms with Crippen LogP contribution in [0.5, 0.6) is 6.01 Å². The van der Waals surface area contributed by atoms with Crippen molar-refractivity contribution in [3.05, 3.63) is 41.4 Å². The molecule has 3 amide bonds. The number of nitrogens with one attached hydrogen (secondary N) is 3. The summed E-state index contributed by atoms with van der Waals surface area (Å²) in [7, 11) is -3.97. The molecule has 0 unspecified atom stereocenters. The van der Waals surface area contributed by atoms with Crippen molar-refractivity contribution in [2.24, 2.45) is 11.7 Å². The molecule has 1 saturated heterocycles. The van der Waals surface area contributed by atoms with E-state index in [0.717, 1.165) is 53.0 Å². The van der Waals surface area contributed by atoms with E-state index >= 15 is 0 Å². The van der Waals surface area contributed by atoms with E-state index in [1.165, 1.54) is 4.90 Å². The standard InChI is InChI=1S/C39H52N8O6S3/c1-22(2)28-21-55-33(41-28)26-13-11-15-29-31(26)43-37(47(29)23(3)4)53-25-18-30-32(48)44-39(35(50)45-56(51,52)38(5)16-17-38)19-24(39)12-9-7-6-8-10-14-27(42-36(40)54)34(49)46(30)20-25/h9,11-13,15,21-25,27,30H,6-8,10,14,16-20H2,1-5H3,(H,44,48)(H,45,50)(H3,40,42,54)/b12-9-/t24-,25-,27+,30+,39-/m1/s1. The molecule has 0 radical (unpaired) electrons. The molecule has 2 aromatic heterocycles. The highest BCUT2D eigenvalue weighted by Gasteiger charge is 2.63. The summed E-state index contributed by atoms with van der Waals surface area (Å²) in [5, 5.41) is 8.79. The van der Waals surface area contributed by atoms with E-state index in [1.807, 2.05) is 48.8 Å². The molecule has 5 atom stereocenters. The van der Waals surface area contributed by atoms with Crippen molar-refractivity contribution in [1.29, 1.82) is 0 Å². The second-order valence-corrected chi connectivity index (χ2v) is 20.0. The van der Waals surface area contributed by atoms with Crippen LogP contribution >= 0.6 is 23.6 Å². The van der Waals surface area contributed by atoms with Gasteiger partial charge >= 0.3 is 0 Å². The van der Waals surface area contributed by atoms with Crippen LogP contribution in [0.4, 0.5) is 0 Å². The highest BCUT2D eigenvalue weighted by atomic mass is 32.2. The molecule has 5 N–H and O–H groups in total. The Bertz CT molecular complexity index is 2180. The number of nitrogens with zero attached hydrogens (tertiary/aromatic N) is 4. The summed E-state index contributed by atoms with van der Waals surface area (Å²) in [6, 6.07) is 4.45. The van der Waals surface area contributed by atoms with Gasteiger partial charge in [0.2, 0.25) is 21.8 Å². The van der Waals surface area contributed by atoms with Gasteiger partial charge in [-0.3, -0.25) is 23.7 Å². The van der Waals surface area contributed by atoms with Crippen LogP contribution in [0.25, 0.3) is 21.6 Å². The molecule has 302 valence electrons. The number of benzene rings is 1. The number of sulfonamides is 1. The first-order valence-corrected chi connectivity index (χ1v) is 22.4. The minimum absolute atomic E-state index is 0.0265. The first kappa shape index (κ1) is 40.1. The fourth-order valence-electron chi connectivity index (χ4n) is 7.79. The quantitative estimate of drug-likeness (QED) is 0.171. The molecular formula is C39H52N8O6S3. The molecule has 1 aromatic carbocycles. The Morgan fingerprint density at radius 2 is 1.91 bits per heavy atom. The summed E-state index contributed by atoms with van der Waals surface area (Å²) in [6.45, 7) is 9.96. The van der Waals surface area contributed by atoms with Crippen LogP contribution in [0.1, 0.15) is 110 Å². The number of imidazole rings is 1. The number of hydrogen-bond donors (Lipinski definition) is 4. The van der Waals surface area contributed by atoms with Crippen molar-refractivity contribution in [3.8, 4) is 16.6 Å². The molecule has 4 aliphatic rings. The number of thiazole rings is 1. The number of amides is 3. The van der Waals surface area contributed by atoms with Crippen LogP contribution in [-0.4, -0.2) is 85.7 Å². The number of allylic oxidation sites excluding steroid dienone is 1. The van der Waals surface area contributed by atoms with Gasteiger partial charge in [-0.05, 0) is 89.6 Å². The SMILES string of the molecule is CC(C)c1csc(-c2cccc3c2nc(O[C@@H]2C[C@H]4C(=O)N[C@]5(C(=O)NS(=O)(=O)C6(C)CC6)C[C@H]5/C=C\CCCCC[C@H](NC(N)=S)C(=O)N4C2)n3C(C)C)n1. The number of nitrogens with two attached hydrogens (primary N) is 1. The number of aromatic nitrogens is 3. The maximum Gasteiger partial charge on any atom is 0.297 e. The second kappa shape index (κ2) is 15.3. The van der Waals surface area contributed by atoms with Crippen molar-refractivity contribution < 1.29 is 27.5 Å². The molecule has 14 nitrogen and oxygen atoms in total. The third-order valence-electron chi connectivity index (χ3n) is 11.6. The Labute approximate surface area is 337 Å². The van der Waals surface area contributed by atoms with Crippen LogP contribution in [0.15, 0.2) is 35.7 Å². The number of rotatable bonds is 9. The van der Waals surface area contributed by atoms with Gasteiger partial charge in [0.15, 0.2) is 5.11 Å².